The van der Waals surface area contributed by atoms with Gasteiger partial charge in [0, 0.05) is 42.4 Å². The quantitative estimate of drug-likeness (QED) is 0.437. The van der Waals surface area contributed by atoms with Gasteiger partial charge in [-0.2, -0.15) is 5.10 Å². The molecule has 7 heteroatoms. The number of rotatable bonds is 4. The third-order valence-electron chi connectivity index (χ3n) is 6.08. The first-order chi connectivity index (χ1) is 15.0. The molecule has 160 valence electrons. The number of hydrogen-bond acceptors (Lipinski definition) is 4. The number of likely N-dealkylation sites (tertiary alicyclic amines) is 1. The summed E-state index contributed by atoms with van der Waals surface area (Å²) in [5, 5.41) is 5.39. The number of aromatic nitrogens is 4. The molecule has 5 rings (SSSR count). The number of carbonyl (C=O) groups is 1. The fourth-order valence-corrected chi connectivity index (χ4v) is 5.23. The van der Waals surface area contributed by atoms with E-state index in [1.807, 2.05) is 15.6 Å². The van der Waals surface area contributed by atoms with E-state index in [9.17, 15) is 4.79 Å². The Morgan fingerprint density at radius 1 is 1.16 bits per heavy atom. The lowest BCUT2D eigenvalue weighted by Gasteiger charge is -2.33. The second-order valence-corrected chi connectivity index (χ2v) is 9.83. The third kappa shape index (κ3) is 3.67. The summed E-state index contributed by atoms with van der Waals surface area (Å²) in [5.74, 6) is 0.0798. The smallest absolute Gasteiger partial charge is 0.254 e. The summed E-state index contributed by atoms with van der Waals surface area (Å²) in [6.07, 6.45) is 7.97. The van der Waals surface area contributed by atoms with E-state index in [4.69, 9.17) is 4.98 Å². The fourth-order valence-electron chi connectivity index (χ4n) is 4.40. The highest BCUT2D eigenvalue weighted by Crippen LogP contribution is 2.32. The third-order valence-corrected chi connectivity index (χ3v) is 7.10. The molecule has 0 spiro atoms. The summed E-state index contributed by atoms with van der Waals surface area (Å²) in [4.78, 5) is 22.8. The monoisotopic (exact) mass is 433 g/mol. The Kier molecular flexibility index (Phi) is 5.14. The summed E-state index contributed by atoms with van der Waals surface area (Å²) in [6.45, 7) is 7.79. The predicted molar refractivity (Wildman–Crippen MR) is 125 cm³/mol. The molecular weight excluding hydrogens is 406 g/mol. The molecule has 0 atom stereocenters. The number of pyridine rings is 1. The topological polar surface area (TPSA) is 56.0 Å². The summed E-state index contributed by atoms with van der Waals surface area (Å²) in [5.41, 5.74) is 2.33. The number of nitrogens with zero attached hydrogens (tertiary/aromatic N) is 5. The van der Waals surface area contributed by atoms with E-state index >= 15 is 0 Å². The molecule has 4 aromatic heterocycles. The zero-order valence-electron chi connectivity index (χ0n) is 18.2. The van der Waals surface area contributed by atoms with E-state index in [1.165, 1.54) is 4.88 Å². The Balaban J connectivity index is 1.50. The molecule has 5 heterocycles. The highest BCUT2D eigenvalue weighted by molar-refractivity contribution is 7.15. The van der Waals surface area contributed by atoms with Gasteiger partial charge in [-0.3, -0.25) is 4.79 Å². The molecular formula is C24H27N5OS. The molecule has 0 N–H and O–H groups in total. The lowest BCUT2D eigenvalue weighted by atomic mass is 10.0. The molecule has 0 aliphatic carbocycles. The zero-order valence-corrected chi connectivity index (χ0v) is 19.0. The summed E-state index contributed by atoms with van der Waals surface area (Å²) in [7, 11) is 0. The summed E-state index contributed by atoms with van der Waals surface area (Å²) >= 11 is 1.70. The second-order valence-electron chi connectivity index (χ2n) is 8.54. The van der Waals surface area contributed by atoms with Gasteiger partial charge in [0.15, 0.2) is 5.65 Å². The number of carbonyl (C=O) groups excluding carboxylic acids is 1. The van der Waals surface area contributed by atoms with Gasteiger partial charge in [-0.05, 0) is 63.9 Å². The van der Waals surface area contributed by atoms with Crippen molar-refractivity contribution < 1.29 is 4.79 Å². The Labute approximate surface area is 186 Å². The van der Waals surface area contributed by atoms with Crippen molar-refractivity contribution in [3.63, 3.8) is 0 Å². The van der Waals surface area contributed by atoms with Crippen LogP contribution in [0.25, 0.3) is 21.6 Å². The average Bonchev–Trinajstić information content (AvgIpc) is 3.53. The van der Waals surface area contributed by atoms with Crippen molar-refractivity contribution in [3.8, 4) is 10.6 Å². The normalized spacial score (nSPS) is 15.3. The highest BCUT2D eigenvalue weighted by Gasteiger charge is 2.27. The number of hydrogen-bond donors (Lipinski definition) is 0. The Morgan fingerprint density at radius 2 is 1.90 bits per heavy atom. The maximum Gasteiger partial charge on any atom is 0.254 e. The lowest BCUT2D eigenvalue weighted by molar-refractivity contribution is 0.0696. The van der Waals surface area contributed by atoms with Gasteiger partial charge in [-0.25, -0.2) is 9.67 Å². The molecule has 4 aromatic rings. The van der Waals surface area contributed by atoms with Crippen molar-refractivity contribution in [2.24, 2.45) is 0 Å². The van der Waals surface area contributed by atoms with Gasteiger partial charge >= 0.3 is 0 Å². The number of piperidine rings is 1. The van der Waals surface area contributed by atoms with Crippen LogP contribution in [-0.2, 0) is 0 Å². The number of thiophene rings is 1. The highest BCUT2D eigenvalue weighted by atomic mass is 32.1. The molecule has 0 bridgehead atoms. The molecule has 0 unspecified atom stereocenters. The second kappa shape index (κ2) is 7.96. The van der Waals surface area contributed by atoms with Crippen LogP contribution in [0.1, 0.15) is 54.0 Å². The van der Waals surface area contributed by atoms with Gasteiger partial charge in [0.25, 0.3) is 5.91 Å². The molecule has 0 saturated carbocycles. The summed E-state index contributed by atoms with van der Waals surface area (Å²) in [6, 6.07) is 10.9. The molecule has 1 amide bonds. The van der Waals surface area contributed by atoms with Crippen LogP contribution in [0.3, 0.4) is 0 Å². The van der Waals surface area contributed by atoms with Crippen molar-refractivity contribution >= 4 is 28.3 Å². The van der Waals surface area contributed by atoms with Crippen LogP contribution >= 0.6 is 11.3 Å². The van der Waals surface area contributed by atoms with Gasteiger partial charge in [0.1, 0.15) is 0 Å². The number of aryl methyl sites for hydroxylation is 1. The van der Waals surface area contributed by atoms with Gasteiger partial charge in [-0.15, -0.1) is 11.3 Å². The molecule has 0 radical (unpaired) electrons. The predicted octanol–water partition coefficient (Wildman–Crippen LogP) is 5.33. The van der Waals surface area contributed by atoms with E-state index in [-0.39, 0.29) is 11.9 Å². The fraction of sp³-hybridized carbons (Fsp3) is 0.375. The minimum absolute atomic E-state index is 0.0798. The molecule has 6 nitrogen and oxygen atoms in total. The molecule has 1 fully saturated rings. The van der Waals surface area contributed by atoms with Gasteiger partial charge in [-0.1, -0.05) is 0 Å². The van der Waals surface area contributed by atoms with Crippen LogP contribution in [0.4, 0.5) is 0 Å². The standard InChI is InChI=1S/C24H27N5OS/c1-16(2)29-23-20(15-25-29)19(14-21(26-23)22-7-6-17(3)31-22)24(30)28-12-8-18(9-13-28)27-10-4-5-11-27/h4-7,10-11,14-16,18H,8-9,12-13H2,1-3H3. The van der Waals surface area contributed by atoms with Gasteiger partial charge < -0.3 is 9.47 Å². The van der Waals surface area contributed by atoms with Crippen molar-refractivity contribution in [3.05, 3.63) is 59.4 Å². The molecule has 1 aliphatic rings. The molecule has 0 aromatic carbocycles. The first-order valence-electron chi connectivity index (χ1n) is 10.9. The number of fused-ring (bicyclic) bond motifs is 1. The largest absolute Gasteiger partial charge is 0.351 e. The van der Waals surface area contributed by atoms with Crippen molar-refractivity contribution in [2.75, 3.05) is 13.1 Å². The van der Waals surface area contributed by atoms with E-state index in [1.54, 1.807) is 17.5 Å². The minimum Gasteiger partial charge on any atom is -0.351 e. The van der Waals surface area contributed by atoms with E-state index in [0.717, 1.165) is 47.5 Å². The first-order valence-corrected chi connectivity index (χ1v) is 11.7. The molecule has 1 aliphatic heterocycles. The first kappa shape index (κ1) is 20.0. The van der Waals surface area contributed by atoms with Crippen molar-refractivity contribution in [2.45, 2.75) is 45.7 Å². The number of amides is 1. The lowest BCUT2D eigenvalue weighted by Crippen LogP contribution is -2.39. The maximum absolute atomic E-state index is 13.6. The van der Waals surface area contributed by atoms with Crippen molar-refractivity contribution in [1.82, 2.24) is 24.2 Å². The summed E-state index contributed by atoms with van der Waals surface area (Å²) < 4.78 is 4.17. The van der Waals surface area contributed by atoms with E-state index < -0.39 is 0 Å². The van der Waals surface area contributed by atoms with Crippen LogP contribution in [0.2, 0.25) is 0 Å². The van der Waals surface area contributed by atoms with Crippen LogP contribution in [0, 0.1) is 6.92 Å². The maximum atomic E-state index is 13.6. The zero-order chi connectivity index (χ0) is 21.5. The van der Waals surface area contributed by atoms with Crippen molar-refractivity contribution in [1.29, 1.82) is 0 Å². The molecule has 31 heavy (non-hydrogen) atoms. The van der Waals surface area contributed by atoms with Crippen LogP contribution in [0.15, 0.2) is 48.9 Å². The van der Waals surface area contributed by atoms with E-state index in [0.29, 0.717) is 11.6 Å². The van der Waals surface area contributed by atoms with Crippen LogP contribution in [-0.4, -0.2) is 43.2 Å². The molecule has 1 saturated heterocycles. The average molecular weight is 434 g/mol. The Bertz CT molecular complexity index is 1210. The Morgan fingerprint density at radius 3 is 2.55 bits per heavy atom. The van der Waals surface area contributed by atoms with Gasteiger partial charge in [0.2, 0.25) is 0 Å². The van der Waals surface area contributed by atoms with Gasteiger partial charge in [0.05, 0.1) is 27.7 Å². The minimum atomic E-state index is 0.0798. The van der Waals surface area contributed by atoms with Crippen LogP contribution < -0.4 is 0 Å². The SMILES string of the molecule is Cc1ccc(-c2cc(C(=O)N3CCC(n4cccc4)CC3)c3cnn(C(C)C)c3n2)s1. The Hall–Kier alpha value is -2.93. The van der Waals surface area contributed by atoms with E-state index in [2.05, 4.69) is 67.1 Å². The van der Waals surface area contributed by atoms with Crippen LogP contribution in [0.5, 0.6) is 0 Å².